The van der Waals surface area contributed by atoms with Crippen molar-refractivity contribution < 1.29 is 9.59 Å². The van der Waals surface area contributed by atoms with E-state index in [-0.39, 0.29) is 18.0 Å². The first kappa shape index (κ1) is 16.8. The van der Waals surface area contributed by atoms with Gasteiger partial charge in [-0.1, -0.05) is 6.07 Å². The van der Waals surface area contributed by atoms with Gasteiger partial charge in [0.05, 0.1) is 6.54 Å². The number of likely N-dealkylation sites (tertiary alicyclic amines) is 1. The predicted molar refractivity (Wildman–Crippen MR) is 87.9 cm³/mol. The van der Waals surface area contributed by atoms with Crippen molar-refractivity contribution in [3.63, 3.8) is 0 Å². The van der Waals surface area contributed by atoms with Crippen molar-refractivity contribution in [1.82, 2.24) is 20.0 Å². The van der Waals surface area contributed by atoms with E-state index >= 15 is 0 Å². The molecule has 2 heterocycles. The Labute approximate surface area is 135 Å². The minimum absolute atomic E-state index is 0.00275. The van der Waals surface area contributed by atoms with E-state index in [0.29, 0.717) is 26.1 Å². The molecule has 0 unspecified atom stereocenters. The molecule has 0 saturated carbocycles. The maximum atomic E-state index is 12.5. The molecule has 22 heavy (non-hydrogen) atoms. The van der Waals surface area contributed by atoms with Crippen LogP contribution in [0.2, 0.25) is 0 Å². The number of hydrogen-bond acceptors (Lipinski definition) is 4. The summed E-state index contributed by atoms with van der Waals surface area (Å²) in [6.07, 6.45) is 0.682. The summed E-state index contributed by atoms with van der Waals surface area (Å²) in [6.45, 7) is 2.70. The largest absolute Gasteiger partial charge is 0.344 e. The van der Waals surface area contributed by atoms with Crippen LogP contribution in [0.15, 0.2) is 17.5 Å². The van der Waals surface area contributed by atoms with Gasteiger partial charge in [-0.2, -0.15) is 0 Å². The van der Waals surface area contributed by atoms with Crippen molar-refractivity contribution in [2.75, 3.05) is 40.8 Å². The van der Waals surface area contributed by atoms with Gasteiger partial charge < -0.3 is 20.0 Å². The number of thiophene rings is 1. The smallest absolute Gasteiger partial charge is 0.318 e. The second-order valence-electron chi connectivity index (χ2n) is 5.85. The second-order valence-corrected chi connectivity index (χ2v) is 6.89. The number of carbonyl (C=O) groups excluding carboxylic acids is 2. The number of carbonyl (C=O) groups is 2. The molecule has 1 aromatic heterocycles. The summed E-state index contributed by atoms with van der Waals surface area (Å²) in [5, 5.41) is 4.88. The van der Waals surface area contributed by atoms with Gasteiger partial charge in [0.1, 0.15) is 6.04 Å². The van der Waals surface area contributed by atoms with E-state index in [1.54, 1.807) is 28.2 Å². The third-order valence-corrected chi connectivity index (χ3v) is 4.62. The first-order valence-electron chi connectivity index (χ1n) is 7.45. The molecule has 1 atom stereocenters. The van der Waals surface area contributed by atoms with Gasteiger partial charge in [0.2, 0.25) is 5.91 Å². The number of amides is 3. The van der Waals surface area contributed by atoms with Crippen LogP contribution in [0.4, 0.5) is 4.79 Å². The van der Waals surface area contributed by atoms with Crippen LogP contribution in [-0.2, 0) is 11.3 Å². The molecule has 0 aromatic carbocycles. The highest BCUT2D eigenvalue weighted by molar-refractivity contribution is 7.09. The summed E-state index contributed by atoms with van der Waals surface area (Å²) >= 11 is 1.64. The summed E-state index contributed by atoms with van der Waals surface area (Å²) < 4.78 is 0. The number of nitrogens with zero attached hydrogens (tertiary/aromatic N) is 3. The number of nitrogens with one attached hydrogen (secondary N) is 1. The van der Waals surface area contributed by atoms with Crippen molar-refractivity contribution in [2.24, 2.45) is 0 Å². The molecule has 1 aromatic rings. The van der Waals surface area contributed by atoms with Gasteiger partial charge in [-0.05, 0) is 32.0 Å². The molecule has 7 heteroatoms. The Morgan fingerprint density at radius 2 is 2.23 bits per heavy atom. The highest BCUT2D eigenvalue weighted by Crippen LogP contribution is 2.13. The molecule has 1 aliphatic rings. The highest BCUT2D eigenvalue weighted by Gasteiger charge is 2.31. The molecule has 0 bridgehead atoms. The quantitative estimate of drug-likeness (QED) is 0.851. The third-order valence-electron chi connectivity index (χ3n) is 3.76. The summed E-state index contributed by atoms with van der Waals surface area (Å²) in [7, 11) is 5.73. The van der Waals surface area contributed by atoms with Crippen molar-refractivity contribution in [3.8, 4) is 0 Å². The predicted octanol–water partition coefficient (Wildman–Crippen LogP) is 1.05. The van der Waals surface area contributed by atoms with Gasteiger partial charge in [-0.3, -0.25) is 4.79 Å². The van der Waals surface area contributed by atoms with Gasteiger partial charge in [0.25, 0.3) is 0 Å². The van der Waals surface area contributed by atoms with Crippen LogP contribution in [0, 0.1) is 0 Å². The van der Waals surface area contributed by atoms with Crippen LogP contribution in [-0.4, -0.2) is 73.5 Å². The number of hydrogen-bond donors (Lipinski definition) is 1. The Bertz CT molecular complexity index is 504. The van der Waals surface area contributed by atoms with E-state index in [1.165, 1.54) is 0 Å². The van der Waals surface area contributed by atoms with Crippen molar-refractivity contribution in [1.29, 1.82) is 0 Å². The SMILES string of the molecule is CN(C)CCN(Cc1cccs1)C(=O)N[C@@H]1CCN(C)C1=O. The van der Waals surface area contributed by atoms with Crippen LogP contribution in [0.5, 0.6) is 0 Å². The Morgan fingerprint density at radius 1 is 1.45 bits per heavy atom. The summed E-state index contributed by atoms with van der Waals surface area (Å²) in [4.78, 5) is 31.1. The Morgan fingerprint density at radius 3 is 2.77 bits per heavy atom. The first-order chi connectivity index (χ1) is 10.5. The average Bonchev–Trinajstić information content (AvgIpc) is 3.08. The standard InChI is InChI=1S/C15H24N4O2S/c1-17(2)8-9-19(11-12-5-4-10-22-12)15(21)16-13-6-7-18(3)14(13)20/h4-5,10,13H,6-9,11H2,1-3H3,(H,16,21)/t13-/m1/s1. The topological polar surface area (TPSA) is 55.9 Å². The molecule has 122 valence electrons. The highest BCUT2D eigenvalue weighted by atomic mass is 32.1. The van der Waals surface area contributed by atoms with E-state index < -0.39 is 0 Å². The van der Waals surface area contributed by atoms with Gasteiger partial charge in [0.15, 0.2) is 0 Å². The van der Waals surface area contributed by atoms with Crippen molar-refractivity contribution in [2.45, 2.75) is 19.0 Å². The molecule has 0 aliphatic carbocycles. The summed E-state index contributed by atoms with van der Waals surface area (Å²) in [5.74, 6) is -0.00275. The van der Waals surface area contributed by atoms with Crippen LogP contribution >= 0.6 is 11.3 Å². The second kappa shape index (κ2) is 7.60. The van der Waals surface area contributed by atoms with Gasteiger partial charge in [-0.25, -0.2) is 4.79 Å². The monoisotopic (exact) mass is 324 g/mol. The van der Waals surface area contributed by atoms with E-state index in [1.807, 2.05) is 36.5 Å². The van der Waals surface area contributed by atoms with Crippen LogP contribution in [0.1, 0.15) is 11.3 Å². The lowest BCUT2D eigenvalue weighted by Crippen LogP contribution is -2.48. The minimum Gasteiger partial charge on any atom is -0.344 e. The van der Waals surface area contributed by atoms with Crippen LogP contribution < -0.4 is 5.32 Å². The lowest BCUT2D eigenvalue weighted by Gasteiger charge is -2.25. The Hall–Kier alpha value is -1.60. The number of urea groups is 1. The number of rotatable bonds is 6. The fourth-order valence-corrected chi connectivity index (χ4v) is 3.08. The molecule has 1 N–H and O–H groups in total. The molecule has 1 fully saturated rings. The molecule has 0 radical (unpaired) electrons. The summed E-state index contributed by atoms with van der Waals surface area (Å²) in [6, 6.07) is 3.46. The van der Waals surface area contributed by atoms with E-state index in [4.69, 9.17) is 0 Å². The molecular weight excluding hydrogens is 300 g/mol. The minimum atomic E-state index is -0.386. The molecule has 0 spiro atoms. The molecule has 3 amide bonds. The normalized spacial score (nSPS) is 18.1. The maximum absolute atomic E-state index is 12.5. The lowest BCUT2D eigenvalue weighted by atomic mass is 10.2. The molecule has 2 rings (SSSR count). The van der Waals surface area contributed by atoms with Crippen LogP contribution in [0.25, 0.3) is 0 Å². The fourth-order valence-electron chi connectivity index (χ4n) is 2.36. The zero-order chi connectivity index (χ0) is 16.1. The first-order valence-corrected chi connectivity index (χ1v) is 8.33. The maximum Gasteiger partial charge on any atom is 0.318 e. The lowest BCUT2D eigenvalue weighted by molar-refractivity contribution is -0.128. The molecule has 6 nitrogen and oxygen atoms in total. The average molecular weight is 324 g/mol. The van der Waals surface area contributed by atoms with Gasteiger partial charge in [-0.15, -0.1) is 11.3 Å². The molecule has 1 saturated heterocycles. The molecular formula is C15H24N4O2S. The van der Waals surface area contributed by atoms with Gasteiger partial charge in [0, 0.05) is 31.6 Å². The van der Waals surface area contributed by atoms with E-state index in [0.717, 1.165) is 11.4 Å². The van der Waals surface area contributed by atoms with Gasteiger partial charge >= 0.3 is 6.03 Å². The summed E-state index contributed by atoms with van der Waals surface area (Å²) in [5.41, 5.74) is 0. The Kier molecular flexibility index (Phi) is 5.79. The third kappa shape index (κ3) is 4.45. The zero-order valence-corrected chi connectivity index (χ0v) is 14.2. The fraction of sp³-hybridized carbons (Fsp3) is 0.600. The van der Waals surface area contributed by atoms with Crippen LogP contribution in [0.3, 0.4) is 0 Å². The van der Waals surface area contributed by atoms with E-state index in [2.05, 4.69) is 5.32 Å². The zero-order valence-electron chi connectivity index (χ0n) is 13.4. The van der Waals surface area contributed by atoms with Crippen molar-refractivity contribution >= 4 is 23.3 Å². The molecule has 1 aliphatic heterocycles. The van der Waals surface area contributed by atoms with Crippen molar-refractivity contribution in [3.05, 3.63) is 22.4 Å². The Balaban J connectivity index is 1.97. The number of likely N-dealkylation sites (N-methyl/N-ethyl adjacent to an activating group) is 2. The van der Waals surface area contributed by atoms with E-state index in [9.17, 15) is 9.59 Å².